The summed E-state index contributed by atoms with van der Waals surface area (Å²) in [6, 6.07) is 2.49. The standard InChI is InChI=1S/C15H26N2O/c1-5-12(2)17-9-6-13(16-17)10-15(18)8-7-14(3,4)11-15/h6,9,12,18H,5,7-8,10-11H2,1-4H3. The van der Waals surface area contributed by atoms with Crippen molar-refractivity contribution < 1.29 is 5.11 Å². The third-order valence-corrected chi connectivity index (χ3v) is 4.29. The number of aromatic nitrogens is 2. The summed E-state index contributed by atoms with van der Waals surface area (Å²) in [7, 11) is 0. The molecule has 0 amide bonds. The van der Waals surface area contributed by atoms with Crippen LogP contribution in [0.5, 0.6) is 0 Å². The van der Waals surface area contributed by atoms with Crippen LogP contribution in [-0.4, -0.2) is 20.5 Å². The van der Waals surface area contributed by atoms with Crippen LogP contribution in [0.4, 0.5) is 0 Å². The van der Waals surface area contributed by atoms with Crippen LogP contribution < -0.4 is 0 Å². The van der Waals surface area contributed by atoms with Gasteiger partial charge < -0.3 is 5.11 Å². The van der Waals surface area contributed by atoms with Gasteiger partial charge in [0, 0.05) is 18.7 Å². The average Bonchev–Trinajstić information content (AvgIpc) is 2.83. The zero-order chi connectivity index (χ0) is 13.4. The molecule has 0 aliphatic heterocycles. The molecular formula is C15H26N2O. The summed E-state index contributed by atoms with van der Waals surface area (Å²) < 4.78 is 2.01. The van der Waals surface area contributed by atoms with Gasteiger partial charge in [0.2, 0.25) is 0 Å². The van der Waals surface area contributed by atoms with Gasteiger partial charge in [-0.2, -0.15) is 5.10 Å². The van der Waals surface area contributed by atoms with Gasteiger partial charge in [-0.25, -0.2) is 0 Å². The molecule has 2 atom stereocenters. The third kappa shape index (κ3) is 2.94. The summed E-state index contributed by atoms with van der Waals surface area (Å²) in [5.74, 6) is 0. The molecule has 2 unspecified atom stereocenters. The van der Waals surface area contributed by atoms with Gasteiger partial charge in [0.1, 0.15) is 0 Å². The predicted molar refractivity (Wildman–Crippen MR) is 73.5 cm³/mol. The summed E-state index contributed by atoms with van der Waals surface area (Å²) in [4.78, 5) is 0. The fourth-order valence-electron chi connectivity index (χ4n) is 3.03. The second kappa shape index (κ2) is 4.69. The first kappa shape index (κ1) is 13.6. The molecule has 1 saturated carbocycles. The summed E-state index contributed by atoms with van der Waals surface area (Å²) in [6.07, 6.45) is 6.70. The second-order valence-corrected chi connectivity index (χ2v) is 6.79. The van der Waals surface area contributed by atoms with Crippen LogP contribution >= 0.6 is 0 Å². The topological polar surface area (TPSA) is 38.0 Å². The van der Waals surface area contributed by atoms with Gasteiger partial charge in [-0.1, -0.05) is 20.8 Å². The predicted octanol–water partition coefficient (Wildman–Crippen LogP) is 3.34. The van der Waals surface area contributed by atoms with Crippen molar-refractivity contribution in [2.24, 2.45) is 5.41 Å². The van der Waals surface area contributed by atoms with E-state index in [1.165, 1.54) is 0 Å². The molecule has 18 heavy (non-hydrogen) atoms. The van der Waals surface area contributed by atoms with Crippen LogP contribution in [0, 0.1) is 5.41 Å². The molecule has 0 aromatic carbocycles. The minimum atomic E-state index is -0.544. The maximum absolute atomic E-state index is 10.6. The average molecular weight is 250 g/mol. The first-order valence-corrected chi connectivity index (χ1v) is 7.10. The molecule has 1 fully saturated rings. The molecular weight excluding hydrogens is 224 g/mol. The minimum absolute atomic E-state index is 0.272. The van der Waals surface area contributed by atoms with Crippen LogP contribution in [0.25, 0.3) is 0 Å². The number of aliphatic hydroxyl groups is 1. The summed E-state index contributed by atoms with van der Waals surface area (Å²) >= 11 is 0. The van der Waals surface area contributed by atoms with Crippen molar-refractivity contribution in [1.29, 1.82) is 0 Å². The molecule has 1 aliphatic carbocycles. The van der Waals surface area contributed by atoms with E-state index in [0.717, 1.165) is 31.4 Å². The van der Waals surface area contributed by atoms with Crippen molar-refractivity contribution in [3.05, 3.63) is 18.0 Å². The van der Waals surface area contributed by atoms with Gasteiger partial charge in [0.25, 0.3) is 0 Å². The molecule has 0 radical (unpaired) electrons. The Balaban J connectivity index is 2.04. The van der Waals surface area contributed by atoms with Gasteiger partial charge in [-0.05, 0) is 44.1 Å². The molecule has 0 bridgehead atoms. The first-order valence-electron chi connectivity index (χ1n) is 7.10. The smallest absolute Gasteiger partial charge is 0.0709 e. The van der Waals surface area contributed by atoms with Crippen molar-refractivity contribution in [1.82, 2.24) is 9.78 Å². The molecule has 3 heteroatoms. The lowest BCUT2D eigenvalue weighted by Crippen LogP contribution is -2.29. The molecule has 2 rings (SSSR count). The van der Waals surface area contributed by atoms with Crippen LogP contribution in [0.3, 0.4) is 0 Å². The summed E-state index contributed by atoms with van der Waals surface area (Å²) in [6.45, 7) is 8.81. The van der Waals surface area contributed by atoms with Crippen LogP contribution in [0.15, 0.2) is 12.3 Å². The maximum Gasteiger partial charge on any atom is 0.0709 e. The molecule has 1 aromatic heterocycles. The van der Waals surface area contributed by atoms with Crippen LogP contribution in [0.2, 0.25) is 0 Å². The van der Waals surface area contributed by atoms with Crippen molar-refractivity contribution in [2.75, 3.05) is 0 Å². The van der Waals surface area contributed by atoms with E-state index in [4.69, 9.17) is 0 Å². The van der Waals surface area contributed by atoms with Crippen LogP contribution in [0.1, 0.15) is 65.1 Å². The number of rotatable bonds is 4. The van der Waals surface area contributed by atoms with Gasteiger partial charge >= 0.3 is 0 Å². The zero-order valence-electron chi connectivity index (χ0n) is 12.1. The van der Waals surface area contributed by atoms with E-state index < -0.39 is 5.60 Å². The highest BCUT2D eigenvalue weighted by atomic mass is 16.3. The van der Waals surface area contributed by atoms with Gasteiger partial charge in [0.05, 0.1) is 11.3 Å². The Morgan fingerprint density at radius 1 is 1.44 bits per heavy atom. The molecule has 3 nitrogen and oxygen atoms in total. The SMILES string of the molecule is CCC(C)n1ccc(CC2(O)CCC(C)(C)C2)n1. The van der Waals surface area contributed by atoms with Crippen molar-refractivity contribution in [3.8, 4) is 0 Å². The lowest BCUT2D eigenvalue weighted by atomic mass is 9.87. The van der Waals surface area contributed by atoms with E-state index in [0.29, 0.717) is 12.5 Å². The zero-order valence-corrected chi connectivity index (χ0v) is 12.1. The molecule has 0 saturated heterocycles. The summed E-state index contributed by atoms with van der Waals surface area (Å²) in [5.41, 5.74) is 0.752. The maximum atomic E-state index is 10.6. The molecule has 1 N–H and O–H groups in total. The number of hydrogen-bond donors (Lipinski definition) is 1. The van der Waals surface area contributed by atoms with Crippen molar-refractivity contribution >= 4 is 0 Å². The first-order chi connectivity index (χ1) is 8.34. The Morgan fingerprint density at radius 3 is 2.72 bits per heavy atom. The molecule has 1 aromatic rings. The van der Waals surface area contributed by atoms with E-state index in [9.17, 15) is 5.11 Å². The lowest BCUT2D eigenvalue weighted by Gasteiger charge is -2.24. The highest BCUT2D eigenvalue weighted by Gasteiger charge is 2.42. The molecule has 1 heterocycles. The summed E-state index contributed by atoms with van der Waals surface area (Å²) in [5, 5.41) is 15.2. The van der Waals surface area contributed by atoms with Crippen molar-refractivity contribution in [3.63, 3.8) is 0 Å². The largest absolute Gasteiger partial charge is 0.389 e. The monoisotopic (exact) mass is 250 g/mol. The number of nitrogens with zero attached hydrogens (tertiary/aromatic N) is 2. The van der Waals surface area contributed by atoms with E-state index in [1.807, 2.05) is 10.9 Å². The van der Waals surface area contributed by atoms with E-state index in [1.54, 1.807) is 0 Å². The molecule has 102 valence electrons. The van der Waals surface area contributed by atoms with Crippen LogP contribution in [-0.2, 0) is 6.42 Å². The molecule has 1 aliphatic rings. The quantitative estimate of drug-likeness (QED) is 0.890. The minimum Gasteiger partial charge on any atom is -0.389 e. The van der Waals surface area contributed by atoms with Gasteiger partial charge in [0.15, 0.2) is 0 Å². The third-order valence-electron chi connectivity index (χ3n) is 4.29. The number of hydrogen-bond acceptors (Lipinski definition) is 2. The van der Waals surface area contributed by atoms with Gasteiger partial charge in [-0.3, -0.25) is 4.68 Å². The highest BCUT2D eigenvalue weighted by Crippen LogP contribution is 2.44. The Labute approximate surface area is 110 Å². The fourth-order valence-corrected chi connectivity index (χ4v) is 3.03. The normalized spacial score (nSPS) is 28.5. The highest BCUT2D eigenvalue weighted by molar-refractivity contribution is 5.07. The lowest BCUT2D eigenvalue weighted by molar-refractivity contribution is 0.0368. The Kier molecular flexibility index (Phi) is 3.54. The van der Waals surface area contributed by atoms with E-state index in [-0.39, 0.29) is 5.41 Å². The van der Waals surface area contributed by atoms with Gasteiger partial charge in [-0.15, -0.1) is 0 Å². The molecule has 0 spiro atoms. The Bertz CT molecular complexity index is 410. The van der Waals surface area contributed by atoms with E-state index in [2.05, 4.69) is 38.9 Å². The fraction of sp³-hybridized carbons (Fsp3) is 0.800. The Hall–Kier alpha value is -0.830. The van der Waals surface area contributed by atoms with E-state index >= 15 is 0 Å². The Morgan fingerprint density at radius 2 is 2.17 bits per heavy atom. The second-order valence-electron chi connectivity index (χ2n) is 6.79. The van der Waals surface area contributed by atoms with Crippen molar-refractivity contribution in [2.45, 2.75) is 71.4 Å².